The van der Waals surface area contributed by atoms with E-state index < -0.39 is 0 Å². The minimum atomic E-state index is -0.225. The van der Waals surface area contributed by atoms with Gasteiger partial charge in [-0.25, -0.2) is 4.68 Å². The average Bonchev–Trinajstić information content (AvgIpc) is 3.28. The van der Waals surface area contributed by atoms with Crippen molar-refractivity contribution in [2.75, 3.05) is 26.3 Å². The molecule has 0 fully saturated rings. The summed E-state index contributed by atoms with van der Waals surface area (Å²) in [6.07, 6.45) is 4.49. The van der Waals surface area contributed by atoms with Gasteiger partial charge in [-0.3, -0.25) is 15.0 Å². The molecule has 3 aromatic rings. The molecule has 0 saturated heterocycles. The molecule has 0 bridgehead atoms. The zero-order valence-corrected chi connectivity index (χ0v) is 18.6. The van der Waals surface area contributed by atoms with Gasteiger partial charge in [0.25, 0.3) is 5.70 Å². The van der Waals surface area contributed by atoms with Gasteiger partial charge < -0.3 is 4.90 Å². The Bertz CT molecular complexity index is 1080. The molecule has 1 aromatic heterocycles. The average molecular weight is 432 g/mol. The van der Waals surface area contributed by atoms with Crippen LogP contribution in [0.25, 0.3) is 11.4 Å². The maximum atomic E-state index is 12.1. The third kappa shape index (κ3) is 5.06. The summed E-state index contributed by atoms with van der Waals surface area (Å²) in [6, 6.07) is 20.1. The first-order valence-corrected chi connectivity index (χ1v) is 11.0. The van der Waals surface area contributed by atoms with Gasteiger partial charge in [0.05, 0.1) is 30.0 Å². The molecule has 7 nitrogen and oxygen atoms in total. The highest BCUT2D eigenvalue weighted by molar-refractivity contribution is 5.66. The first-order chi connectivity index (χ1) is 15.5. The zero-order valence-electron chi connectivity index (χ0n) is 18.6. The van der Waals surface area contributed by atoms with E-state index in [1.54, 1.807) is 10.9 Å². The van der Waals surface area contributed by atoms with Crippen molar-refractivity contribution in [3.63, 3.8) is 0 Å². The highest BCUT2D eigenvalue weighted by Gasteiger charge is 2.34. The molecular formula is C25H29N5O2. The fraction of sp³-hybridized carbons (Fsp3) is 0.320. The molecule has 0 amide bonds. The van der Waals surface area contributed by atoms with Gasteiger partial charge in [-0.1, -0.05) is 62.4 Å². The van der Waals surface area contributed by atoms with Crippen LogP contribution in [-0.4, -0.2) is 50.8 Å². The Morgan fingerprint density at radius 2 is 1.75 bits per heavy atom. The van der Waals surface area contributed by atoms with Gasteiger partial charge in [0.15, 0.2) is 0 Å². The predicted octanol–water partition coefficient (Wildman–Crippen LogP) is 4.29. The normalized spacial score (nSPS) is 14.9. The van der Waals surface area contributed by atoms with Crippen LogP contribution in [0.15, 0.2) is 78.8 Å². The summed E-state index contributed by atoms with van der Waals surface area (Å²) in [5.41, 5.74) is 3.87. The van der Waals surface area contributed by atoms with Crippen molar-refractivity contribution < 1.29 is 4.92 Å². The fourth-order valence-corrected chi connectivity index (χ4v) is 4.16. The minimum absolute atomic E-state index is 0.225. The lowest BCUT2D eigenvalue weighted by atomic mass is 10.1. The van der Waals surface area contributed by atoms with Crippen LogP contribution in [0.2, 0.25) is 0 Å². The van der Waals surface area contributed by atoms with Gasteiger partial charge in [0.1, 0.15) is 5.70 Å². The molecule has 4 rings (SSSR count). The lowest BCUT2D eigenvalue weighted by Crippen LogP contribution is -2.46. The monoisotopic (exact) mass is 431 g/mol. The van der Waals surface area contributed by atoms with E-state index in [1.807, 2.05) is 54.7 Å². The first-order valence-electron chi connectivity index (χ1n) is 11.0. The molecule has 0 atom stereocenters. The summed E-state index contributed by atoms with van der Waals surface area (Å²) in [5, 5.41) is 16.6. The zero-order chi connectivity index (χ0) is 22.5. The van der Waals surface area contributed by atoms with Crippen molar-refractivity contribution in [3.05, 3.63) is 100.0 Å². The van der Waals surface area contributed by atoms with E-state index in [0.717, 1.165) is 30.8 Å². The highest BCUT2D eigenvalue weighted by atomic mass is 16.6. The largest absolute Gasteiger partial charge is 0.352 e. The van der Waals surface area contributed by atoms with Gasteiger partial charge >= 0.3 is 0 Å². The Morgan fingerprint density at radius 1 is 1.06 bits per heavy atom. The SMILES string of the molecule is CC(C)CN1CN(CCc2ccccc2)CC([N+](=O)[O-])=C1c1cnn(-c2ccccc2)c1. The Labute approximate surface area is 188 Å². The highest BCUT2D eigenvalue weighted by Crippen LogP contribution is 2.30. The molecule has 0 spiro atoms. The van der Waals surface area contributed by atoms with Crippen molar-refractivity contribution in [1.82, 2.24) is 19.6 Å². The maximum absolute atomic E-state index is 12.1. The van der Waals surface area contributed by atoms with Crippen LogP contribution < -0.4 is 0 Å². The molecule has 0 unspecified atom stereocenters. The molecule has 2 heterocycles. The Balaban J connectivity index is 1.64. The van der Waals surface area contributed by atoms with E-state index in [9.17, 15) is 10.1 Å². The lowest BCUT2D eigenvalue weighted by Gasteiger charge is -2.37. The summed E-state index contributed by atoms with van der Waals surface area (Å²) >= 11 is 0. The van der Waals surface area contributed by atoms with Crippen molar-refractivity contribution in [1.29, 1.82) is 0 Å². The van der Waals surface area contributed by atoms with Gasteiger partial charge in [0.2, 0.25) is 0 Å². The molecule has 0 saturated carbocycles. The smallest absolute Gasteiger partial charge is 0.284 e. The van der Waals surface area contributed by atoms with Gasteiger partial charge in [0, 0.05) is 24.8 Å². The number of nitrogens with zero attached hydrogens (tertiary/aromatic N) is 5. The molecule has 2 aromatic carbocycles. The number of rotatable bonds is 8. The van der Waals surface area contributed by atoms with Crippen molar-refractivity contribution in [2.24, 2.45) is 5.92 Å². The van der Waals surface area contributed by atoms with Crippen molar-refractivity contribution >= 4 is 5.70 Å². The van der Waals surface area contributed by atoms with E-state index in [2.05, 4.69) is 40.9 Å². The second-order valence-electron chi connectivity index (χ2n) is 8.61. The van der Waals surface area contributed by atoms with Crippen LogP contribution in [0.1, 0.15) is 25.0 Å². The van der Waals surface area contributed by atoms with Crippen molar-refractivity contribution in [3.8, 4) is 5.69 Å². The Hall–Kier alpha value is -3.45. The molecule has 0 N–H and O–H groups in total. The van der Waals surface area contributed by atoms with E-state index in [4.69, 9.17) is 0 Å². The third-order valence-electron chi connectivity index (χ3n) is 5.58. The van der Waals surface area contributed by atoms with Crippen LogP contribution in [0.3, 0.4) is 0 Å². The molecule has 166 valence electrons. The summed E-state index contributed by atoms with van der Waals surface area (Å²) < 4.78 is 1.77. The van der Waals surface area contributed by atoms with E-state index >= 15 is 0 Å². The maximum Gasteiger partial charge on any atom is 0.284 e. The Morgan fingerprint density at radius 3 is 2.41 bits per heavy atom. The van der Waals surface area contributed by atoms with Crippen molar-refractivity contribution in [2.45, 2.75) is 20.3 Å². The van der Waals surface area contributed by atoms with Crippen LogP contribution in [0.5, 0.6) is 0 Å². The van der Waals surface area contributed by atoms with E-state index in [-0.39, 0.29) is 10.6 Å². The van der Waals surface area contributed by atoms with E-state index in [0.29, 0.717) is 24.8 Å². The number of nitro groups is 1. The number of para-hydroxylation sites is 1. The number of benzene rings is 2. The molecule has 32 heavy (non-hydrogen) atoms. The number of hydrogen-bond donors (Lipinski definition) is 0. The standard InChI is InChI=1S/C25H29N5O2/c1-20(2)16-28-19-27(14-13-21-9-5-3-6-10-21)18-24(30(31)32)25(28)22-15-26-29(17-22)23-11-7-4-8-12-23/h3-12,15,17,20H,13-14,16,18-19H2,1-2H3. The molecule has 1 aliphatic rings. The molecule has 0 aliphatic carbocycles. The van der Waals surface area contributed by atoms with Crippen LogP contribution in [0, 0.1) is 16.0 Å². The van der Waals surface area contributed by atoms with Crippen LogP contribution in [-0.2, 0) is 6.42 Å². The van der Waals surface area contributed by atoms with Gasteiger partial charge in [-0.05, 0) is 30.0 Å². The van der Waals surface area contributed by atoms with Crippen LogP contribution >= 0.6 is 0 Å². The summed E-state index contributed by atoms with van der Waals surface area (Å²) in [5.74, 6) is 0.372. The minimum Gasteiger partial charge on any atom is -0.352 e. The first kappa shape index (κ1) is 21.8. The molecular weight excluding hydrogens is 402 g/mol. The second kappa shape index (κ2) is 9.78. The number of aromatic nitrogens is 2. The predicted molar refractivity (Wildman–Crippen MR) is 126 cm³/mol. The van der Waals surface area contributed by atoms with Crippen LogP contribution in [0.4, 0.5) is 0 Å². The number of hydrogen-bond acceptors (Lipinski definition) is 5. The third-order valence-corrected chi connectivity index (χ3v) is 5.58. The summed E-state index contributed by atoms with van der Waals surface area (Å²) in [7, 11) is 0. The lowest BCUT2D eigenvalue weighted by molar-refractivity contribution is -0.429. The molecule has 1 aliphatic heterocycles. The topological polar surface area (TPSA) is 67.4 Å². The van der Waals surface area contributed by atoms with E-state index in [1.165, 1.54) is 5.56 Å². The summed E-state index contributed by atoms with van der Waals surface area (Å²) in [4.78, 5) is 16.2. The quantitative estimate of drug-likeness (QED) is 0.393. The van der Waals surface area contributed by atoms with Gasteiger partial charge in [-0.2, -0.15) is 5.10 Å². The van der Waals surface area contributed by atoms with Gasteiger partial charge in [-0.15, -0.1) is 0 Å². The molecule has 0 radical (unpaired) electrons. The Kier molecular flexibility index (Phi) is 6.66. The molecule has 7 heteroatoms. The summed E-state index contributed by atoms with van der Waals surface area (Å²) in [6.45, 7) is 6.77. The second-order valence-corrected chi connectivity index (χ2v) is 8.61. The fourth-order valence-electron chi connectivity index (χ4n) is 4.16.